The van der Waals surface area contributed by atoms with Crippen molar-refractivity contribution < 1.29 is 168 Å². The van der Waals surface area contributed by atoms with Gasteiger partial charge in [-0.25, -0.2) is 0 Å². The van der Waals surface area contributed by atoms with E-state index in [1.54, 1.807) is 47.6 Å². The van der Waals surface area contributed by atoms with Crippen LogP contribution in [0.15, 0.2) is 60.7 Å². The first-order valence-corrected chi connectivity index (χ1v) is 41.2. The number of ether oxygens (including phenoxy) is 11. The number of benzene rings is 2. The monoisotopic (exact) mass is 1750 g/mol. The van der Waals surface area contributed by atoms with Crippen LogP contribution in [-0.4, -0.2) is 319 Å². The maximum absolute atomic E-state index is 13.0. The van der Waals surface area contributed by atoms with Gasteiger partial charge in [0.1, 0.15) is 91.7 Å². The summed E-state index contributed by atoms with van der Waals surface area (Å²) in [7, 11) is -4.66. The molecule has 43 heteroatoms. The molecule has 4 aliphatic rings. The zero-order valence-electron chi connectivity index (χ0n) is 69.0. The minimum Gasteiger partial charge on any atom is -0.460 e. The molecule has 122 heavy (non-hydrogen) atoms. The van der Waals surface area contributed by atoms with Crippen LogP contribution in [0.25, 0.3) is 0 Å². The fourth-order valence-electron chi connectivity index (χ4n) is 11.4. The maximum atomic E-state index is 13.0. The number of Topliss-reactive ketones (excluding diaryl/α,β-unsaturated/α-hetero) is 2. The molecule has 11 atom stereocenters. The van der Waals surface area contributed by atoms with Crippen LogP contribution < -0.4 is 36.1 Å². The Morgan fingerprint density at radius 2 is 0.902 bits per heavy atom. The first-order chi connectivity index (χ1) is 57.7. The zero-order valence-corrected chi connectivity index (χ0v) is 69.8. The SMILES string of the molecule is CC(C)(C)C(=O)OCc1ccc(O[C@@H]2O[C@H](CO)[C@H](O)[C@H](O)[C@H]2O)c(NC(=O)CCNC(=O)CCCCCN2C(=O)C=CC2=O)c1.CC(C)(C)C(=O)OCc1ccc(O[C@@H]2O[C@H](CO)[C@H](O)[C@H](O)[C@H]2O)c(NC(=O)CCNC(=O)COCCNC(=O)[C@H](CC(=O)CCOCCOCCOCCOCCCC(=O)CCN2C(=O)C=CC2=O)CS(=O)(=O)O)c1. The standard InChI is InChI=1S/C48H72N4O23S.C31H43N3O12/c1-48(2,3)47(64)73-28-31-6-7-36(74-46-44(62)43(61)42(60)37(27-53)75-46)35(25-31)51-38(56)10-13-49-39(57)29-72-18-14-50-45(63)32(30-76(65,66)67)26-34(55)12-17-69-20-22-71-24-23-70-21-19-68-16-4-5-33(54)11-15-52-40(58)8-9-41(52)59;1-31(2,3)30(43)44-17-18-8-9-20(45-29-28(42)27(41)26(40)21(16-35)46-29)19(15-18)33-23(37)12-13-32-22(36)7-5-4-6-14-34-24(38)10-11-25(34)39/h6-9,25,32,37,42-44,46,53,60-62H,4-5,10-24,26-30H2,1-3H3,(H,49,57)(H,50,63)(H,51,56)(H,65,66,67);8-11,15,21,26-29,35,40-42H,4-7,12-14,16-17H2,1-3H3,(H,32,36)(H,33,37)/t32-,37-,42+,43+,44-,46-;21-,26+,27+,28-,29-/m11/s1. The number of aliphatic hydroxyl groups is 8. The quantitative estimate of drug-likeness (QED) is 0.0147. The molecule has 2 saturated heterocycles. The zero-order chi connectivity index (χ0) is 90.3. The first kappa shape index (κ1) is 103. The van der Waals surface area contributed by atoms with Gasteiger partial charge in [-0.15, -0.1) is 0 Å². The van der Waals surface area contributed by atoms with Crippen molar-refractivity contribution in [2.45, 2.75) is 187 Å². The van der Waals surface area contributed by atoms with Gasteiger partial charge in [0, 0.05) is 109 Å². The fourth-order valence-corrected chi connectivity index (χ4v) is 12.1. The van der Waals surface area contributed by atoms with Crippen LogP contribution in [0, 0.1) is 16.7 Å². The topological polar surface area (TPSA) is 606 Å². The van der Waals surface area contributed by atoms with Crippen molar-refractivity contribution >= 4 is 98.2 Å². The molecule has 682 valence electrons. The van der Waals surface area contributed by atoms with Gasteiger partial charge in [-0.1, -0.05) is 18.6 Å². The van der Waals surface area contributed by atoms with E-state index < -0.39 is 173 Å². The molecule has 0 unspecified atom stereocenters. The van der Waals surface area contributed by atoms with E-state index in [0.29, 0.717) is 56.6 Å². The molecule has 0 aromatic heterocycles. The maximum Gasteiger partial charge on any atom is 0.311 e. The molecule has 2 fully saturated rings. The second-order valence-corrected chi connectivity index (χ2v) is 32.0. The molecule has 2 aromatic rings. The summed E-state index contributed by atoms with van der Waals surface area (Å²) < 4.78 is 92.7. The summed E-state index contributed by atoms with van der Waals surface area (Å²) >= 11 is 0. The molecule has 14 N–H and O–H groups in total. The molecule has 9 amide bonds. The van der Waals surface area contributed by atoms with Crippen LogP contribution in [0.5, 0.6) is 11.5 Å². The number of carbonyl (C=O) groups is 13. The molecule has 4 aliphatic heterocycles. The minimum atomic E-state index is -4.66. The lowest BCUT2D eigenvalue weighted by atomic mass is 9.97. The number of anilines is 2. The van der Waals surface area contributed by atoms with Gasteiger partial charge in [-0.05, 0) is 96.2 Å². The Morgan fingerprint density at radius 3 is 1.35 bits per heavy atom. The Bertz CT molecular complexity index is 3960. The third-order valence-electron chi connectivity index (χ3n) is 18.3. The molecular formula is C79H115N7O35S. The number of esters is 2. The van der Waals surface area contributed by atoms with Crippen LogP contribution in [-0.2, 0) is 128 Å². The summed E-state index contributed by atoms with van der Waals surface area (Å²) in [5.74, 6) is -8.47. The highest BCUT2D eigenvalue weighted by molar-refractivity contribution is 7.85. The summed E-state index contributed by atoms with van der Waals surface area (Å²) in [4.78, 5) is 161. The molecule has 0 bridgehead atoms. The number of hydrogen-bond acceptors (Lipinski definition) is 34. The van der Waals surface area contributed by atoms with Gasteiger partial charge < -0.3 is 120 Å². The number of unbranched alkanes of at least 4 members (excludes halogenated alkanes) is 2. The van der Waals surface area contributed by atoms with E-state index in [4.69, 9.17) is 52.1 Å². The number of rotatable bonds is 53. The predicted molar refractivity (Wildman–Crippen MR) is 423 cm³/mol. The van der Waals surface area contributed by atoms with Gasteiger partial charge in [0.25, 0.3) is 33.7 Å². The minimum absolute atomic E-state index is 0.0146. The van der Waals surface area contributed by atoms with E-state index in [9.17, 15) is 116 Å². The van der Waals surface area contributed by atoms with Crippen LogP contribution >= 0.6 is 0 Å². The molecule has 42 nitrogen and oxygen atoms in total. The summed E-state index contributed by atoms with van der Waals surface area (Å²) in [5.41, 5.74) is -0.483. The van der Waals surface area contributed by atoms with Crippen molar-refractivity contribution in [3.8, 4) is 11.5 Å². The third-order valence-corrected chi connectivity index (χ3v) is 19.1. The lowest BCUT2D eigenvalue weighted by molar-refractivity contribution is -0.277. The average Bonchev–Trinajstić information content (AvgIpc) is 0.941. The molecule has 2 aromatic carbocycles. The third kappa shape index (κ3) is 37.4. The fraction of sp³-hybridized carbons (Fsp3) is 0.633. The highest BCUT2D eigenvalue weighted by Crippen LogP contribution is 2.34. The van der Waals surface area contributed by atoms with Gasteiger partial charge in [0.05, 0.1) is 99.9 Å². The highest BCUT2D eigenvalue weighted by atomic mass is 32.2. The van der Waals surface area contributed by atoms with E-state index in [-0.39, 0.29) is 170 Å². The Balaban J connectivity index is 0.000000489. The molecular weight excluding hydrogens is 1640 g/mol. The number of amides is 9. The second kappa shape index (κ2) is 52.4. The van der Waals surface area contributed by atoms with Crippen molar-refractivity contribution in [3.05, 3.63) is 71.8 Å². The van der Waals surface area contributed by atoms with Crippen molar-refractivity contribution in [3.63, 3.8) is 0 Å². The molecule has 0 radical (unpaired) electrons. The number of hydrogen-bond donors (Lipinski definition) is 14. The van der Waals surface area contributed by atoms with Crippen LogP contribution in [0.4, 0.5) is 11.4 Å². The lowest BCUT2D eigenvalue weighted by Crippen LogP contribution is -2.60. The molecule has 4 heterocycles. The van der Waals surface area contributed by atoms with Gasteiger partial charge in [0.2, 0.25) is 42.1 Å². The summed E-state index contributed by atoms with van der Waals surface area (Å²) in [5, 5.41) is 93.3. The van der Waals surface area contributed by atoms with Crippen molar-refractivity contribution in [1.29, 1.82) is 0 Å². The summed E-state index contributed by atoms with van der Waals surface area (Å²) in [6.45, 7) is 9.44. The number of nitrogens with zero attached hydrogens (tertiary/aromatic N) is 2. The van der Waals surface area contributed by atoms with Gasteiger partial charge >= 0.3 is 11.9 Å². The molecule has 6 rings (SSSR count). The smallest absolute Gasteiger partial charge is 0.311 e. The number of ketones is 2. The Morgan fingerprint density at radius 1 is 0.459 bits per heavy atom. The second-order valence-electron chi connectivity index (χ2n) is 30.5. The highest BCUT2D eigenvalue weighted by Gasteiger charge is 2.47. The first-order valence-electron chi connectivity index (χ1n) is 39.6. The Labute approximate surface area is 704 Å². The number of carbonyl (C=O) groups excluding carboxylic acids is 13. The van der Waals surface area contributed by atoms with Gasteiger partial charge in [-0.2, -0.15) is 8.42 Å². The number of imide groups is 2. The van der Waals surface area contributed by atoms with Crippen molar-refractivity contribution in [2.24, 2.45) is 16.7 Å². The van der Waals surface area contributed by atoms with E-state index in [0.717, 1.165) is 9.80 Å². The predicted octanol–water partition coefficient (Wildman–Crippen LogP) is -2.00. The average molecular weight is 1750 g/mol. The summed E-state index contributed by atoms with van der Waals surface area (Å²) in [6.07, 6.45) is -9.19. The Hall–Kier alpha value is -9.26. The van der Waals surface area contributed by atoms with E-state index in [1.807, 2.05) is 0 Å². The largest absolute Gasteiger partial charge is 0.460 e. The van der Waals surface area contributed by atoms with Gasteiger partial charge in [0.15, 0.2) is 0 Å². The van der Waals surface area contributed by atoms with Gasteiger partial charge in [-0.3, -0.25) is 76.7 Å². The van der Waals surface area contributed by atoms with Crippen molar-refractivity contribution in [1.82, 2.24) is 25.8 Å². The van der Waals surface area contributed by atoms with E-state index in [2.05, 4.69) is 26.6 Å². The molecule has 0 spiro atoms. The normalized spacial score (nSPS) is 20.5. The van der Waals surface area contributed by atoms with Crippen molar-refractivity contribution in [2.75, 3.05) is 128 Å². The van der Waals surface area contributed by atoms with E-state index >= 15 is 0 Å². The van der Waals surface area contributed by atoms with Crippen LogP contribution in [0.2, 0.25) is 0 Å². The lowest BCUT2D eigenvalue weighted by Gasteiger charge is -2.39. The van der Waals surface area contributed by atoms with Crippen LogP contribution in [0.1, 0.15) is 123 Å². The Kier molecular flexibility index (Phi) is 44.3. The summed E-state index contributed by atoms with van der Waals surface area (Å²) in [6, 6.07) is 8.79. The number of aliphatic hydroxyl groups excluding tert-OH is 8. The number of nitrogens with one attached hydrogen (secondary N) is 5. The molecule has 0 aliphatic carbocycles. The van der Waals surface area contributed by atoms with Crippen LogP contribution in [0.3, 0.4) is 0 Å². The molecule has 0 saturated carbocycles. The van der Waals surface area contributed by atoms with E-state index in [1.165, 1.54) is 54.6 Å².